The van der Waals surface area contributed by atoms with Crippen molar-refractivity contribution in [3.05, 3.63) is 47.2 Å². The van der Waals surface area contributed by atoms with E-state index in [-0.39, 0.29) is 24.2 Å². The van der Waals surface area contributed by atoms with Crippen LogP contribution < -0.4 is 5.32 Å². The lowest BCUT2D eigenvalue weighted by Gasteiger charge is -2.37. The number of hydrogen-bond donors (Lipinski definition) is 2. The van der Waals surface area contributed by atoms with Crippen molar-refractivity contribution in [3.63, 3.8) is 0 Å². The molecule has 2 N–H and O–H groups in total. The third-order valence-corrected chi connectivity index (χ3v) is 4.49. The van der Waals surface area contributed by atoms with Gasteiger partial charge in [-0.3, -0.25) is 4.79 Å². The van der Waals surface area contributed by atoms with Crippen molar-refractivity contribution >= 4 is 5.91 Å². The van der Waals surface area contributed by atoms with Gasteiger partial charge in [0.05, 0.1) is 5.56 Å². The minimum Gasteiger partial charge on any atom is -0.459 e. The van der Waals surface area contributed by atoms with Gasteiger partial charge in [-0.15, -0.1) is 0 Å². The largest absolute Gasteiger partial charge is 0.459 e. The fourth-order valence-electron chi connectivity index (χ4n) is 3.16. The maximum absolute atomic E-state index is 12.8. The molecule has 3 atom stereocenters. The second kappa shape index (κ2) is 9.23. The van der Waals surface area contributed by atoms with Gasteiger partial charge in [-0.1, -0.05) is 12.1 Å². The summed E-state index contributed by atoms with van der Waals surface area (Å²) in [6, 6.07) is 4.87. The van der Waals surface area contributed by atoms with E-state index in [1.54, 1.807) is 13.0 Å². The molecule has 1 heterocycles. The number of halogens is 3. The molecule has 1 aromatic carbocycles. The zero-order chi connectivity index (χ0) is 20.0. The second-order valence-electron chi connectivity index (χ2n) is 6.23. The molecular formula is C19H24F3NO4. The minimum atomic E-state index is -4.42. The second-order valence-corrected chi connectivity index (χ2v) is 6.23. The Labute approximate surface area is 156 Å². The number of amides is 1. The number of rotatable bonds is 7. The molecule has 0 saturated carbocycles. The molecule has 5 nitrogen and oxygen atoms in total. The van der Waals surface area contributed by atoms with E-state index in [0.717, 1.165) is 12.1 Å². The fraction of sp³-hybridized carbons (Fsp3) is 0.526. The summed E-state index contributed by atoms with van der Waals surface area (Å²) in [5, 5.41) is 11.7. The highest BCUT2D eigenvalue weighted by Crippen LogP contribution is 2.40. The number of hydrogen-bond acceptors (Lipinski definition) is 4. The van der Waals surface area contributed by atoms with Crippen LogP contribution in [-0.4, -0.2) is 37.6 Å². The van der Waals surface area contributed by atoms with Gasteiger partial charge in [-0.25, -0.2) is 0 Å². The molecule has 0 aliphatic carbocycles. The van der Waals surface area contributed by atoms with Gasteiger partial charge in [0.1, 0.15) is 0 Å². The molecule has 27 heavy (non-hydrogen) atoms. The SMILES string of the molecule is CCO[C@H]1OC(C(=O)NC)=C[C@@H](c2ccc(C(F)(F)F)cc2)[C@@H]1CCCO. The monoisotopic (exact) mass is 387 g/mol. The predicted molar refractivity (Wildman–Crippen MR) is 92.6 cm³/mol. The van der Waals surface area contributed by atoms with Crippen LogP contribution in [0, 0.1) is 5.92 Å². The zero-order valence-electron chi connectivity index (χ0n) is 15.3. The molecule has 1 amide bonds. The first-order valence-electron chi connectivity index (χ1n) is 8.82. The summed E-state index contributed by atoms with van der Waals surface area (Å²) in [5.41, 5.74) is -0.109. The van der Waals surface area contributed by atoms with E-state index in [4.69, 9.17) is 9.47 Å². The Bertz CT molecular complexity index is 658. The maximum Gasteiger partial charge on any atom is 0.416 e. The number of alkyl halides is 3. The Morgan fingerprint density at radius 3 is 2.48 bits per heavy atom. The molecule has 0 unspecified atom stereocenters. The maximum atomic E-state index is 12.8. The van der Waals surface area contributed by atoms with Crippen LogP contribution in [0.4, 0.5) is 13.2 Å². The Kier molecular flexibility index (Phi) is 7.26. The highest BCUT2D eigenvalue weighted by Gasteiger charge is 2.38. The Hall–Kier alpha value is -2.06. The summed E-state index contributed by atoms with van der Waals surface area (Å²) < 4.78 is 49.9. The molecule has 0 fully saturated rings. The van der Waals surface area contributed by atoms with Gasteiger partial charge in [-0.2, -0.15) is 13.2 Å². The van der Waals surface area contributed by atoms with Gasteiger partial charge in [0.15, 0.2) is 5.76 Å². The van der Waals surface area contributed by atoms with Gasteiger partial charge >= 0.3 is 6.18 Å². The third-order valence-electron chi connectivity index (χ3n) is 4.49. The molecule has 2 rings (SSSR count). The van der Waals surface area contributed by atoms with E-state index < -0.39 is 23.9 Å². The molecule has 0 radical (unpaired) electrons. The summed E-state index contributed by atoms with van der Waals surface area (Å²) in [5.74, 6) is -0.989. The lowest BCUT2D eigenvalue weighted by molar-refractivity contribution is -0.166. The molecular weight excluding hydrogens is 363 g/mol. The van der Waals surface area contributed by atoms with Crippen molar-refractivity contribution in [2.45, 2.75) is 38.1 Å². The van der Waals surface area contributed by atoms with E-state index >= 15 is 0 Å². The topological polar surface area (TPSA) is 67.8 Å². The van der Waals surface area contributed by atoms with E-state index in [9.17, 15) is 23.1 Å². The Balaban J connectivity index is 2.42. The highest BCUT2D eigenvalue weighted by atomic mass is 19.4. The van der Waals surface area contributed by atoms with E-state index in [2.05, 4.69) is 5.32 Å². The number of benzene rings is 1. The van der Waals surface area contributed by atoms with Gasteiger partial charge in [-0.05, 0) is 43.5 Å². The Morgan fingerprint density at radius 2 is 1.96 bits per heavy atom. The molecule has 8 heteroatoms. The number of carbonyl (C=O) groups excluding carboxylic acids is 1. The van der Waals surface area contributed by atoms with Crippen LogP contribution in [0.25, 0.3) is 0 Å². The number of allylic oxidation sites excluding steroid dienone is 1. The van der Waals surface area contributed by atoms with Gasteiger partial charge in [0.25, 0.3) is 5.91 Å². The van der Waals surface area contributed by atoms with Crippen molar-refractivity contribution in [2.24, 2.45) is 5.92 Å². The standard InChI is InChI=1S/C19H24F3NO4/c1-3-26-18-14(5-4-10-24)15(11-16(27-18)17(25)23-2)12-6-8-13(9-7-12)19(20,21)22/h6-9,11,14-15,18,24H,3-5,10H2,1-2H3,(H,23,25)/t14-,15-,18-/m0/s1. The first-order valence-corrected chi connectivity index (χ1v) is 8.82. The summed E-state index contributed by atoms with van der Waals surface area (Å²) in [7, 11) is 1.47. The predicted octanol–water partition coefficient (Wildman–Crippen LogP) is 3.20. The van der Waals surface area contributed by atoms with Crippen molar-refractivity contribution < 1.29 is 32.5 Å². The number of nitrogens with one attached hydrogen (secondary N) is 1. The van der Waals surface area contributed by atoms with Gasteiger partial charge in [0, 0.05) is 32.1 Å². The van der Waals surface area contributed by atoms with Crippen molar-refractivity contribution in [3.8, 4) is 0 Å². The lowest BCUT2D eigenvalue weighted by atomic mass is 9.80. The van der Waals surface area contributed by atoms with E-state index in [0.29, 0.717) is 25.0 Å². The molecule has 0 bridgehead atoms. The molecule has 150 valence electrons. The lowest BCUT2D eigenvalue weighted by Crippen LogP contribution is -2.38. The molecule has 0 aromatic heterocycles. The van der Waals surface area contributed by atoms with Crippen LogP contribution in [0.1, 0.15) is 36.8 Å². The minimum absolute atomic E-state index is 0.0267. The van der Waals surface area contributed by atoms with Crippen LogP contribution >= 0.6 is 0 Å². The van der Waals surface area contributed by atoms with Gasteiger partial charge < -0.3 is 19.9 Å². The number of likely N-dealkylation sites (N-methyl/N-ethyl adjacent to an activating group) is 1. The van der Waals surface area contributed by atoms with Crippen molar-refractivity contribution in [2.75, 3.05) is 20.3 Å². The van der Waals surface area contributed by atoms with Crippen molar-refractivity contribution in [1.82, 2.24) is 5.32 Å². The summed E-state index contributed by atoms with van der Waals surface area (Å²) in [4.78, 5) is 12.1. The zero-order valence-corrected chi connectivity index (χ0v) is 15.3. The van der Waals surface area contributed by atoms with Crippen molar-refractivity contribution in [1.29, 1.82) is 0 Å². The quantitative estimate of drug-likeness (QED) is 0.754. The highest BCUT2D eigenvalue weighted by molar-refractivity contribution is 5.91. The number of ether oxygens (including phenoxy) is 2. The Morgan fingerprint density at radius 1 is 1.30 bits per heavy atom. The smallest absolute Gasteiger partial charge is 0.416 e. The van der Waals surface area contributed by atoms with Crippen LogP contribution in [0.15, 0.2) is 36.1 Å². The summed E-state index contributed by atoms with van der Waals surface area (Å²) >= 11 is 0. The molecule has 0 spiro atoms. The van der Waals surface area contributed by atoms with E-state index in [1.807, 2.05) is 0 Å². The molecule has 1 aliphatic rings. The number of carbonyl (C=O) groups is 1. The number of aliphatic hydroxyl groups is 1. The van der Waals surface area contributed by atoms with Crippen LogP contribution in [0.3, 0.4) is 0 Å². The first kappa shape index (κ1) is 21.2. The fourth-order valence-corrected chi connectivity index (χ4v) is 3.16. The molecule has 1 aromatic rings. The van der Waals surface area contributed by atoms with Crippen LogP contribution in [-0.2, 0) is 20.4 Å². The molecule has 0 saturated heterocycles. The summed E-state index contributed by atoms with van der Waals surface area (Å²) in [6.45, 7) is 2.11. The summed E-state index contributed by atoms with van der Waals surface area (Å²) in [6.07, 6.45) is -2.52. The number of aliphatic hydroxyl groups excluding tert-OH is 1. The third kappa shape index (κ3) is 5.23. The normalized spacial score (nSPS) is 22.7. The van der Waals surface area contributed by atoms with Crippen LogP contribution in [0.5, 0.6) is 0 Å². The van der Waals surface area contributed by atoms with Crippen LogP contribution in [0.2, 0.25) is 0 Å². The van der Waals surface area contributed by atoms with E-state index in [1.165, 1.54) is 19.2 Å². The van der Waals surface area contributed by atoms with Gasteiger partial charge in [0.2, 0.25) is 6.29 Å². The first-order chi connectivity index (χ1) is 12.8. The average Bonchev–Trinajstić information content (AvgIpc) is 2.65. The average molecular weight is 387 g/mol. The molecule has 1 aliphatic heterocycles.